The average Bonchev–Trinajstić information content (AvgIpc) is 2.95. The molecular weight excluding hydrogens is 274 g/mol. The summed E-state index contributed by atoms with van der Waals surface area (Å²) in [5.41, 5.74) is 0.439. The minimum Gasteiger partial charge on any atom is -0.340 e. The second kappa shape index (κ2) is 7.31. The van der Waals surface area contributed by atoms with Gasteiger partial charge in [-0.3, -0.25) is 9.69 Å². The van der Waals surface area contributed by atoms with Gasteiger partial charge in [-0.2, -0.15) is 0 Å². The third kappa shape index (κ3) is 4.23. The lowest BCUT2D eigenvalue weighted by Gasteiger charge is -2.39. The summed E-state index contributed by atoms with van der Waals surface area (Å²) in [7, 11) is 0. The molecule has 2 saturated heterocycles. The van der Waals surface area contributed by atoms with Crippen LogP contribution < -0.4 is 5.32 Å². The Bertz CT molecular complexity index is 365. The van der Waals surface area contributed by atoms with Gasteiger partial charge < -0.3 is 10.2 Å². The van der Waals surface area contributed by atoms with Gasteiger partial charge in [0.05, 0.1) is 0 Å². The van der Waals surface area contributed by atoms with Crippen molar-refractivity contribution in [3.8, 4) is 0 Å². The molecule has 4 nitrogen and oxygen atoms in total. The van der Waals surface area contributed by atoms with Crippen molar-refractivity contribution < 1.29 is 4.79 Å². The molecule has 1 atom stereocenters. The van der Waals surface area contributed by atoms with Crippen LogP contribution in [0.2, 0.25) is 0 Å². The largest absolute Gasteiger partial charge is 0.340 e. The van der Waals surface area contributed by atoms with E-state index in [1.807, 2.05) is 0 Å². The van der Waals surface area contributed by atoms with Crippen molar-refractivity contribution in [1.29, 1.82) is 0 Å². The molecule has 3 fully saturated rings. The van der Waals surface area contributed by atoms with E-state index in [4.69, 9.17) is 0 Å². The number of piperazine rings is 1. The molecule has 3 rings (SSSR count). The first-order chi connectivity index (χ1) is 10.6. The summed E-state index contributed by atoms with van der Waals surface area (Å²) < 4.78 is 0. The molecule has 1 unspecified atom stereocenters. The number of hydrogen-bond donors (Lipinski definition) is 1. The van der Waals surface area contributed by atoms with E-state index in [0.29, 0.717) is 17.2 Å². The van der Waals surface area contributed by atoms with Crippen molar-refractivity contribution >= 4 is 5.91 Å². The molecule has 1 saturated carbocycles. The summed E-state index contributed by atoms with van der Waals surface area (Å²) in [6.45, 7) is 9.89. The lowest BCUT2D eigenvalue weighted by molar-refractivity contribution is -0.134. The second-order valence-corrected chi connectivity index (χ2v) is 8.10. The molecule has 1 N–H and O–H groups in total. The van der Waals surface area contributed by atoms with Gasteiger partial charge in [0.2, 0.25) is 5.91 Å². The van der Waals surface area contributed by atoms with Gasteiger partial charge in [-0.25, -0.2) is 0 Å². The Hall–Kier alpha value is -0.610. The number of carbonyl (C=O) groups is 1. The van der Waals surface area contributed by atoms with E-state index in [-0.39, 0.29) is 0 Å². The topological polar surface area (TPSA) is 35.6 Å². The number of carbonyl (C=O) groups excluding carboxylic acids is 1. The lowest BCUT2D eigenvalue weighted by atomic mass is 9.86. The Morgan fingerprint density at radius 2 is 1.86 bits per heavy atom. The van der Waals surface area contributed by atoms with E-state index >= 15 is 0 Å². The molecule has 1 amide bonds. The van der Waals surface area contributed by atoms with Gasteiger partial charge in [0, 0.05) is 45.7 Å². The number of nitrogens with zero attached hydrogens (tertiary/aromatic N) is 2. The first-order valence-electron chi connectivity index (χ1n) is 9.35. The zero-order valence-corrected chi connectivity index (χ0v) is 14.3. The van der Waals surface area contributed by atoms with E-state index in [1.165, 1.54) is 45.1 Å². The Morgan fingerprint density at radius 1 is 1.14 bits per heavy atom. The van der Waals surface area contributed by atoms with Crippen LogP contribution >= 0.6 is 0 Å². The molecule has 4 heteroatoms. The van der Waals surface area contributed by atoms with Crippen molar-refractivity contribution in [1.82, 2.24) is 15.1 Å². The van der Waals surface area contributed by atoms with Crippen LogP contribution in [0.15, 0.2) is 0 Å². The van der Waals surface area contributed by atoms with Crippen LogP contribution in [-0.4, -0.2) is 61.5 Å². The van der Waals surface area contributed by atoms with E-state index < -0.39 is 0 Å². The van der Waals surface area contributed by atoms with Crippen LogP contribution in [0.1, 0.15) is 51.9 Å². The highest BCUT2D eigenvalue weighted by atomic mass is 16.2. The highest BCUT2D eigenvalue weighted by molar-refractivity contribution is 5.76. The summed E-state index contributed by atoms with van der Waals surface area (Å²) in [4.78, 5) is 17.2. The van der Waals surface area contributed by atoms with E-state index in [0.717, 1.165) is 45.7 Å². The molecule has 3 aliphatic rings. The van der Waals surface area contributed by atoms with Crippen molar-refractivity contribution in [2.24, 2.45) is 11.3 Å². The zero-order chi connectivity index (χ0) is 15.4. The normalized spacial score (nSPS) is 31.6. The van der Waals surface area contributed by atoms with Gasteiger partial charge in [0.1, 0.15) is 0 Å². The number of hydrogen-bond acceptors (Lipinski definition) is 3. The molecule has 0 radical (unpaired) electrons. The van der Waals surface area contributed by atoms with Crippen LogP contribution in [0.4, 0.5) is 0 Å². The highest BCUT2D eigenvalue weighted by Gasteiger charge is 2.32. The second-order valence-electron chi connectivity index (χ2n) is 8.10. The SMILES string of the molecule is CC1(CN2CCN(C(=O)CC3CCCCC3)CC2)CCNC1. The summed E-state index contributed by atoms with van der Waals surface area (Å²) >= 11 is 0. The predicted molar refractivity (Wildman–Crippen MR) is 89.8 cm³/mol. The minimum atomic E-state index is 0.417. The van der Waals surface area contributed by atoms with Crippen LogP contribution in [0.5, 0.6) is 0 Å². The summed E-state index contributed by atoms with van der Waals surface area (Å²) in [5, 5.41) is 3.48. The molecule has 1 aliphatic carbocycles. The Morgan fingerprint density at radius 3 is 2.50 bits per heavy atom. The third-order valence-electron chi connectivity index (χ3n) is 5.98. The Labute approximate surface area is 135 Å². The van der Waals surface area contributed by atoms with E-state index in [2.05, 4.69) is 22.0 Å². The van der Waals surface area contributed by atoms with E-state index in [9.17, 15) is 4.79 Å². The van der Waals surface area contributed by atoms with Crippen LogP contribution in [0, 0.1) is 11.3 Å². The molecule has 0 aromatic heterocycles. The van der Waals surface area contributed by atoms with Gasteiger partial charge in [0.25, 0.3) is 0 Å². The smallest absolute Gasteiger partial charge is 0.222 e. The standard InChI is InChI=1S/C18H33N3O/c1-18(7-8-19-14-18)15-20-9-11-21(12-10-20)17(22)13-16-5-3-2-4-6-16/h16,19H,2-15H2,1H3. The maximum atomic E-state index is 12.5. The number of rotatable bonds is 4. The summed E-state index contributed by atoms with van der Waals surface area (Å²) in [5.74, 6) is 1.09. The maximum Gasteiger partial charge on any atom is 0.222 e. The predicted octanol–water partition coefficient (Wildman–Crippen LogP) is 2.10. The summed E-state index contributed by atoms with van der Waals surface area (Å²) in [6.07, 6.45) is 8.68. The van der Waals surface area contributed by atoms with Crippen molar-refractivity contribution in [3.05, 3.63) is 0 Å². The number of nitrogens with one attached hydrogen (secondary N) is 1. The van der Waals surface area contributed by atoms with Gasteiger partial charge in [0.15, 0.2) is 0 Å². The molecular formula is C18H33N3O. The van der Waals surface area contributed by atoms with Crippen molar-refractivity contribution in [2.75, 3.05) is 45.8 Å². The Kier molecular flexibility index (Phi) is 5.40. The first kappa shape index (κ1) is 16.3. The Balaban J connectivity index is 1.40. The fraction of sp³-hybridized carbons (Fsp3) is 0.944. The summed E-state index contributed by atoms with van der Waals surface area (Å²) in [6, 6.07) is 0. The van der Waals surface area contributed by atoms with E-state index in [1.54, 1.807) is 0 Å². The molecule has 126 valence electrons. The van der Waals surface area contributed by atoms with Crippen LogP contribution in [-0.2, 0) is 4.79 Å². The lowest BCUT2D eigenvalue weighted by Crippen LogP contribution is -2.51. The average molecular weight is 307 g/mol. The first-order valence-corrected chi connectivity index (χ1v) is 9.35. The minimum absolute atomic E-state index is 0.417. The molecule has 2 aliphatic heterocycles. The molecule has 0 spiro atoms. The van der Waals surface area contributed by atoms with Gasteiger partial charge in [-0.1, -0.05) is 26.2 Å². The fourth-order valence-corrected chi connectivity index (χ4v) is 4.47. The maximum absolute atomic E-state index is 12.5. The number of amides is 1. The van der Waals surface area contributed by atoms with Crippen LogP contribution in [0.25, 0.3) is 0 Å². The molecule has 0 aromatic rings. The molecule has 2 heterocycles. The van der Waals surface area contributed by atoms with Crippen molar-refractivity contribution in [2.45, 2.75) is 51.9 Å². The molecule has 0 bridgehead atoms. The molecule has 22 heavy (non-hydrogen) atoms. The zero-order valence-electron chi connectivity index (χ0n) is 14.3. The van der Waals surface area contributed by atoms with Gasteiger partial charge >= 0.3 is 0 Å². The van der Waals surface area contributed by atoms with Crippen LogP contribution in [0.3, 0.4) is 0 Å². The monoisotopic (exact) mass is 307 g/mol. The van der Waals surface area contributed by atoms with Crippen molar-refractivity contribution in [3.63, 3.8) is 0 Å². The highest BCUT2D eigenvalue weighted by Crippen LogP contribution is 2.28. The van der Waals surface area contributed by atoms with Gasteiger partial charge in [-0.05, 0) is 37.1 Å². The molecule has 0 aromatic carbocycles. The van der Waals surface area contributed by atoms with Gasteiger partial charge in [-0.15, -0.1) is 0 Å². The quantitative estimate of drug-likeness (QED) is 0.864. The third-order valence-corrected chi connectivity index (χ3v) is 5.98. The fourth-order valence-electron chi connectivity index (χ4n) is 4.47.